The van der Waals surface area contributed by atoms with Crippen molar-refractivity contribution in [1.82, 2.24) is 19.8 Å². The van der Waals surface area contributed by atoms with Gasteiger partial charge in [-0.25, -0.2) is 9.97 Å². The lowest BCUT2D eigenvalue weighted by atomic mass is 9.73. The maximum absolute atomic E-state index is 12.3. The van der Waals surface area contributed by atoms with Crippen LogP contribution in [0, 0.1) is 5.41 Å². The summed E-state index contributed by atoms with van der Waals surface area (Å²) in [5, 5.41) is 0. The first kappa shape index (κ1) is 17.9. The van der Waals surface area contributed by atoms with Gasteiger partial charge in [0.25, 0.3) is 0 Å². The van der Waals surface area contributed by atoms with E-state index in [0.717, 1.165) is 51.5 Å². The first-order chi connectivity index (χ1) is 12.0. The van der Waals surface area contributed by atoms with E-state index in [9.17, 15) is 4.79 Å². The minimum absolute atomic E-state index is 0.168. The monoisotopic (exact) mass is 347 g/mol. The first-order valence-corrected chi connectivity index (χ1v) is 9.05. The smallest absolute Gasteiger partial charge is 0.225 e. The van der Waals surface area contributed by atoms with E-state index >= 15 is 0 Å². The van der Waals surface area contributed by atoms with Crippen LogP contribution in [0.15, 0.2) is 12.4 Å². The topological polar surface area (TPSA) is 61.8 Å². The third kappa shape index (κ3) is 4.21. The number of likely N-dealkylation sites (tertiary alicyclic amines) is 1. The number of anilines is 1. The summed E-state index contributed by atoms with van der Waals surface area (Å²) in [5.41, 5.74) is 0.168. The zero-order chi connectivity index (χ0) is 17.9. The highest BCUT2D eigenvalue weighted by Crippen LogP contribution is 2.39. The number of carbonyl (C=O) groups is 1. The van der Waals surface area contributed by atoms with Crippen molar-refractivity contribution in [2.24, 2.45) is 5.41 Å². The molecule has 1 aromatic heterocycles. The Bertz CT molecular complexity index is 592. The summed E-state index contributed by atoms with van der Waals surface area (Å²) in [6.07, 6.45) is 7.35. The molecular weight excluding hydrogens is 318 g/mol. The molecule has 2 fully saturated rings. The van der Waals surface area contributed by atoms with Crippen molar-refractivity contribution in [2.45, 2.75) is 25.7 Å². The summed E-state index contributed by atoms with van der Waals surface area (Å²) in [6, 6.07) is 0. The van der Waals surface area contributed by atoms with Crippen molar-refractivity contribution in [3.63, 3.8) is 0 Å². The van der Waals surface area contributed by atoms with Crippen LogP contribution in [0.1, 0.15) is 25.7 Å². The van der Waals surface area contributed by atoms with Crippen LogP contribution in [0.5, 0.6) is 5.75 Å². The fraction of sp³-hybridized carbons (Fsp3) is 0.722. The number of ether oxygens (including phenoxy) is 1. The van der Waals surface area contributed by atoms with E-state index in [1.165, 1.54) is 6.42 Å². The minimum atomic E-state index is 0.168. The van der Waals surface area contributed by atoms with Crippen LogP contribution in [0.3, 0.4) is 0 Å². The second-order valence-corrected chi connectivity index (χ2v) is 7.57. The third-order valence-electron chi connectivity index (χ3n) is 5.36. The SMILES string of the molecule is COc1cnc(N2CCC[C@@]3(CCC(=O)N(CCN(C)C)C3)C2)nc1. The van der Waals surface area contributed by atoms with Gasteiger partial charge in [0.1, 0.15) is 0 Å². The molecule has 0 unspecified atom stereocenters. The number of carbonyl (C=O) groups excluding carboxylic acids is 1. The Morgan fingerprint density at radius 2 is 2.00 bits per heavy atom. The van der Waals surface area contributed by atoms with Crippen molar-refractivity contribution in [3.8, 4) is 5.75 Å². The minimum Gasteiger partial charge on any atom is -0.494 e. The van der Waals surface area contributed by atoms with Gasteiger partial charge in [-0.3, -0.25) is 4.79 Å². The fourth-order valence-electron chi connectivity index (χ4n) is 3.92. The molecule has 1 spiro atoms. The zero-order valence-corrected chi connectivity index (χ0v) is 15.6. The number of hydrogen-bond donors (Lipinski definition) is 0. The van der Waals surface area contributed by atoms with E-state index in [2.05, 4.69) is 24.7 Å². The molecule has 2 aliphatic heterocycles. The van der Waals surface area contributed by atoms with E-state index in [1.54, 1.807) is 19.5 Å². The second-order valence-electron chi connectivity index (χ2n) is 7.57. The average molecular weight is 347 g/mol. The molecule has 2 saturated heterocycles. The predicted molar refractivity (Wildman–Crippen MR) is 96.8 cm³/mol. The molecule has 25 heavy (non-hydrogen) atoms. The van der Waals surface area contributed by atoms with Crippen LogP contribution >= 0.6 is 0 Å². The number of hydrogen-bond acceptors (Lipinski definition) is 6. The van der Waals surface area contributed by atoms with Gasteiger partial charge >= 0.3 is 0 Å². The predicted octanol–water partition coefficient (Wildman–Crippen LogP) is 1.26. The largest absolute Gasteiger partial charge is 0.494 e. The van der Waals surface area contributed by atoms with Crippen LogP contribution in [0.2, 0.25) is 0 Å². The molecule has 0 saturated carbocycles. The third-order valence-corrected chi connectivity index (χ3v) is 5.36. The maximum atomic E-state index is 12.3. The quantitative estimate of drug-likeness (QED) is 0.799. The number of rotatable bonds is 5. The summed E-state index contributed by atoms with van der Waals surface area (Å²) in [6.45, 7) is 4.47. The van der Waals surface area contributed by atoms with Gasteiger partial charge in [0, 0.05) is 44.6 Å². The molecule has 1 aromatic rings. The van der Waals surface area contributed by atoms with Gasteiger partial charge in [-0.2, -0.15) is 0 Å². The Morgan fingerprint density at radius 3 is 2.68 bits per heavy atom. The Hall–Kier alpha value is -1.89. The zero-order valence-electron chi connectivity index (χ0n) is 15.6. The van der Waals surface area contributed by atoms with Crippen LogP contribution in [0.4, 0.5) is 5.95 Å². The molecule has 1 atom stereocenters. The molecule has 3 rings (SSSR count). The van der Waals surface area contributed by atoms with Gasteiger partial charge < -0.3 is 19.4 Å². The molecule has 2 aliphatic rings. The van der Waals surface area contributed by atoms with Crippen LogP contribution < -0.4 is 9.64 Å². The number of aromatic nitrogens is 2. The highest BCUT2D eigenvalue weighted by molar-refractivity contribution is 5.77. The first-order valence-electron chi connectivity index (χ1n) is 9.05. The molecule has 0 bridgehead atoms. The molecule has 0 radical (unpaired) electrons. The molecule has 7 heteroatoms. The number of piperidine rings is 2. The van der Waals surface area contributed by atoms with Crippen LogP contribution in [-0.2, 0) is 4.79 Å². The molecule has 138 valence electrons. The lowest BCUT2D eigenvalue weighted by Gasteiger charge is -2.48. The second kappa shape index (κ2) is 7.56. The van der Waals surface area contributed by atoms with Gasteiger partial charge in [-0.05, 0) is 33.4 Å². The molecule has 0 N–H and O–H groups in total. The van der Waals surface area contributed by atoms with Gasteiger partial charge in [0.2, 0.25) is 11.9 Å². The summed E-state index contributed by atoms with van der Waals surface area (Å²) in [5.74, 6) is 1.73. The molecule has 3 heterocycles. The Labute approximate surface area is 150 Å². The molecule has 0 aromatic carbocycles. The van der Waals surface area contributed by atoms with Crippen molar-refractivity contribution < 1.29 is 9.53 Å². The van der Waals surface area contributed by atoms with E-state index in [0.29, 0.717) is 18.1 Å². The highest BCUT2D eigenvalue weighted by atomic mass is 16.5. The number of amides is 1. The van der Waals surface area contributed by atoms with E-state index in [1.807, 2.05) is 14.1 Å². The van der Waals surface area contributed by atoms with Gasteiger partial charge in [-0.15, -0.1) is 0 Å². The van der Waals surface area contributed by atoms with E-state index < -0.39 is 0 Å². The summed E-state index contributed by atoms with van der Waals surface area (Å²) < 4.78 is 5.15. The highest BCUT2D eigenvalue weighted by Gasteiger charge is 2.42. The van der Waals surface area contributed by atoms with Crippen LogP contribution in [-0.4, -0.2) is 79.6 Å². The van der Waals surface area contributed by atoms with Crippen molar-refractivity contribution in [1.29, 1.82) is 0 Å². The van der Waals surface area contributed by atoms with E-state index in [-0.39, 0.29) is 5.41 Å². The van der Waals surface area contributed by atoms with Crippen molar-refractivity contribution in [3.05, 3.63) is 12.4 Å². The molecule has 0 aliphatic carbocycles. The maximum Gasteiger partial charge on any atom is 0.225 e. The Morgan fingerprint density at radius 1 is 1.24 bits per heavy atom. The Balaban J connectivity index is 1.69. The standard InChI is InChI=1S/C18H29N5O2/c1-21(2)9-10-22-13-18(7-5-16(22)24)6-4-8-23(14-18)17-19-11-15(25-3)12-20-17/h11-12H,4-10,13-14H2,1-3H3/t18-/m0/s1. The summed E-state index contributed by atoms with van der Waals surface area (Å²) >= 11 is 0. The normalized spacial score (nSPS) is 24.2. The van der Waals surface area contributed by atoms with E-state index in [4.69, 9.17) is 4.74 Å². The lowest BCUT2D eigenvalue weighted by molar-refractivity contribution is -0.138. The summed E-state index contributed by atoms with van der Waals surface area (Å²) in [7, 11) is 5.72. The molecule has 7 nitrogen and oxygen atoms in total. The number of likely N-dealkylation sites (N-methyl/N-ethyl adjacent to an activating group) is 1. The summed E-state index contributed by atoms with van der Waals surface area (Å²) in [4.78, 5) is 27.7. The van der Waals surface area contributed by atoms with Crippen LogP contribution in [0.25, 0.3) is 0 Å². The van der Waals surface area contributed by atoms with Gasteiger partial charge in [0.15, 0.2) is 5.75 Å². The molecule has 1 amide bonds. The fourth-order valence-corrected chi connectivity index (χ4v) is 3.92. The van der Waals surface area contributed by atoms with Crippen molar-refractivity contribution in [2.75, 3.05) is 58.8 Å². The van der Waals surface area contributed by atoms with Gasteiger partial charge in [0.05, 0.1) is 19.5 Å². The number of nitrogens with zero attached hydrogens (tertiary/aromatic N) is 5. The van der Waals surface area contributed by atoms with Gasteiger partial charge in [-0.1, -0.05) is 0 Å². The Kier molecular flexibility index (Phi) is 5.42. The lowest BCUT2D eigenvalue weighted by Crippen LogP contribution is -2.55. The molecular formula is C18H29N5O2. The van der Waals surface area contributed by atoms with Crippen molar-refractivity contribution >= 4 is 11.9 Å². The average Bonchev–Trinajstić information content (AvgIpc) is 2.63. The number of methoxy groups -OCH3 is 1.